The highest BCUT2D eigenvalue weighted by atomic mass is 32.2. The fourth-order valence-corrected chi connectivity index (χ4v) is 3.65. The molecule has 0 unspecified atom stereocenters. The fourth-order valence-electron chi connectivity index (χ4n) is 1.89. The van der Waals surface area contributed by atoms with Crippen molar-refractivity contribution in [2.45, 2.75) is 44.2 Å². The third kappa shape index (κ3) is 2.16. The summed E-state index contributed by atoms with van der Waals surface area (Å²) in [6.07, 6.45) is 3.39. The van der Waals surface area contributed by atoms with Crippen LogP contribution >= 0.6 is 0 Å². The predicted molar refractivity (Wildman–Crippen MR) is 64.9 cm³/mol. The van der Waals surface area contributed by atoms with Crippen molar-refractivity contribution >= 4 is 15.8 Å². The molecule has 7 heteroatoms. The van der Waals surface area contributed by atoms with E-state index in [0.717, 1.165) is 12.8 Å². The lowest BCUT2D eigenvalue weighted by atomic mass is 10.6. The summed E-state index contributed by atoms with van der Waals surface area (Å²) in [5, 5.41) is 3.98. The number of aryl methyl sites for hydroxylation is 1. The van der Waals surface area contributed by atoms with Gasteiger partial charge in [-0.1, -0.05) is 6.92 Å². The molecule has 1 fully saturated rings. The van der Waals surface area contributed by atoms with Crippen LogP contribution < -0.4 is 5.73 Å². The number of nitrogens with two attached hydrogens (primary N) is 1. The molecule has 96 valence electrons. The molecule has 17 heavy (non-hydrogen) atoms. The molecular weight excluding hydrogens is 240 g/mol. The average molecular weight is 258 g/mol. The molecule has 0 bridgehead atoms. The third-order valence-corrected chi connectivity index (χ3v) is 4.98. The van der Waals surface area contributed by atoms with E-state index in [1.165, 1.54) is 10.5 Å². The minimum atomic E-state index is -3.48. The van der Waals surface area contributed by atoms with Gasteiger partial charge in [-0.15, -0.1) is 0 Å². The van der Waals surface area contributed by atoms with Gasteiger partial charge in [0.05, 0.1) is 0 Å². The lowest BCUT2D eigenvalue weighted by Crippen LogP contribution is -2.33. The molecule has 0 aliphatic heterocycles. The van der Waals surface area contributed by atoms with Crippen LogP contribution in [-0.2, 0) is 16.6 Å². The first-order valence-electron chi connectivity index (χ1n) is 5.85. The molecule has 0 spiro atoms. The van der Waals surface area contributed by atoms with Gasteiger partial charge >= 0.3 is 0 Å². The fraction of sp³-hybridized carbons (Fsp3) is 0.700. The normalized spacial score (nSPS) is 16.6. The van der Waals surface area contributed by atoms with Gasteiger partial charge in [0.15, 0.2) is 5.82 Å². The molecule has 1 aromatic heterocycles. The van der Waals surface area contributed by atoms with Crippen molar-refractivity contribution in [2.75, 3.05) is 12.3 Å². The van der Waals surface area contributed by atoms with E-state index in [1.54, 1.807) is 4.68 Å². The van der Waals surface area contributed by atoms with Gasteiger partial charge in [0.25, 0.3) is 0 Å². The van der Waals surface area contributed by atoms with Crippen LogP contribution in [0.25, 0.3) is 0 Å². The largest absolute Gasteiger partial charge is 0.381 e. The Morgan fingerprint density at radius 2 is 2.18 bits per heavy atom. The summed E-state index contributed by atoms with van der Waals surface area (Å²) in [4.78, 5) is 0.133. The maximum Gasteiger partial charge on any atom is 0.248 e. The summed E-state index contributed by atoms with van der Waals surface area (Å²) >= 11 is 0. The predicted octanol–water partition coefficient (Wildman–Crippen LogP) is 0.658. The van der Waals surface area contributed by atoms with E-state index in [-0.39, 0.29) is 16.8 Å². The van der Waals surface area contributed by atoms with Crippen LogP contribution in [0.5, 0.6) is 0 Å². The third-order valence-electron chi connectivity index (χ3n) is 2.93. The van der Waals surface area contributed by atoms with Gasteiger partial charge in [-0.2, -0.15) is 9.40 Å². The molecule has 1 saturated carbocycles. The van der Waals surface area contributed by atoms with Gasteiger partial charge in [-0.25, -0.2) is 8.42 Å². The highest BCUT2D eigenvalue weighted by Gasteiger charge is 2.38. The van der Waals surface area contributed by atoms with Gasteiger partial charge in [0, 0.05) is 25.3 Å². The van der Waals surface area contributed by atoms with E-state index in [0.29, 0.717) is 13.1 Å². The Labute approximate surface area is 101 Å². The van der Waals surface area contributed by atoms with Crippen molar-refractivity contribution in [1.29, 1.82) is 0 Å². The lowest BCUT2D eigenvalue weighted by Gasteiger charge is -2.18. The molecule has 0 amide bonds. The monoisotopic (exact) mass is 258 g/mol. The minimum absolute atomic E-state index is 0.0888. The molecule has 1 aliphatic rings. The Kier molecular flexibility index (Phi) is 3.13. The molecule has 0 radical (unpaired) electrons. The van der Waals surface area contributed by atoms with Gasteiger partial charge in [-0.05, 0) is 19.8 Å². The second kappa shape index (κ2) is 4.30. The summed E-state index contributed by atoms with van der Waals surface area (Å²) in [5.74, 6) is 0.0888. The zero-order chi connectivity index (χ0) is 12.6. The summed E-state index contributed by atoms with van der Waals surface area (Å²) in [7, 11) is -3.48. The first-order chi connectivity index (χ1) is 8.00. The van der Waals surface area contributed by atoms with Crippen molar-refractivity contribution in [3.63, 3.8) is 0 Å². The van der Waals surface area contributed by atoms with Gasteiger partial charge in [0.1, 0.15) is 4.90 Å². The van der Waals surface area contributed by atoms with Crippen LogP contribution in [0.4, 0.5) is 5.82 Å². The highest BCUT2D eigenvalue weighted by molar-refractivity contribution is 7.89. The number of sulfonamides is 1. The molecule has 6 nitrogen and oxygen atoms in total. The summed E-state index contributed by atoms with van der Waals surface area (Å²) in [5.41, 5.74) is 5.68. The van der Waals surface area contributed by atoms with E-state index in [4.69, 9.17) is 5.73 Å². The number of aromatic nitrogens is 2. The zero-order valence-corrected chi connectivity index (χ0v) is 10.9. The smallest absolute Gasteiger partial charge is 0.248 e. The summed E-state index contributed by atoms with van der Waals surface area (Å²) < 4.78 is 27.8. The molecule has 2 N–H and O–H groups in total. The van der Waals surface area contributed by atoms with Crippen molar-refractivity contribution in [3.05, 3.63) is 6.20 Å². The van der Waals surface area contributed by atoms with Gasteiger partial charge in [-0.3, -0.25) is 4.68 Å². The number of hydrogen-bond acceptors (Lipinski definition) is 4. The molecule has 0 aromatic carbocycles. The second-order valence-corrected chi connectivity index (χ2v) is 6.03. The average Bonchev–Trinajstić information content (AvgIpc) is 3.01. The molecule has 2 rings (SSSR count). The quantitative estimate of drug-likeness (QED) is 0.841. The first kappa shape index (κ1) is 12.4. The Morgan fingerprint density at radius 3 is 2.59 bits per heavy atom. The SMILES string of the molecule is CCN(C1CC1)S(=O)(=O)c1cn(CC)nc1N. The number of rotatable bonds is 5. The summed E-state index contributed by atoms with van der Waals surface area (Å²) in [6.45, 7) is 4.82. The standard InChI is InChI=1S/C10H18N4O2S/c1-3-13-7-9(10(11)12-13)17(15,16)14(4-2)8-5-6-8/h7-8H,3-6H2,1-2H3,(H2,11,12). The molecule has 0 saturated heterocycles. The maximum absolute atomic E-state index is 12.4. The first-order valence-corrected chi connectivity index (χ1v) is 7.29. The minimum Gasteiger partial charge on any atom is -0.381 e. The number of nitrogen functional groups attached to an aromatic ring is 1. The van der Waals surface area contributed by atoms with Crippen LogP contribution in [0.3, 0.4) is 0 Å². The van der Waals surface area contributed by atoms with Crippen molar-refractivity contribution in [2.24, 2.45) is 0 Å². The Morgan fingerprint density at radius 1 is 1.53 bits per heavy atom. The van der Waals surface area contributed by atoms with Crippen molar-refractivity contribution in [3.8, 4) is 0 Å². The van der Waals surface area contributed by atoms with E-state index in [1.807, 2.05) is 13.8 Å². The van der Waals surface area contributed by atoms with Crippen LogP contribution in [0.1, 0.15) is 26.7 Å². The van der Waals surface area contributed by atoms with E-state index in [9.17, 15) is 8.42 Å². The van der Waals surface area contributed by atoms with Crippen molar-refractivity contribution in [1.82, 2.24) is 14.1 Å². The second-order valence-electron chi connectivity index (χ2n) is 4.17. The maximum atomic E-state index is 12.4. The Hall–Kier alpha value is -1.08. The van der Waals surface area contributed by atoms with E-state index >= 15 is 0 Å². The Bertz CT molecular complexity index is 504. The van der Waals surface area contributed by atoms with Crippen LogP contribution in [-0.4, -0.2) is 35.1 Å². The highest BCUT2D eigenvalue weighted by Crippen LogP contribution is 2.32. The molecular formula is C10H18N4O2S. The molecule has 1 aliphatic carbocycles. The molecule has 1 aromatic rings. The number of anilines is 1. The van der Waals surface area contributed by atoms with E-state index < -0.39 is 10.0 Å². The topological polar surface area (TPSA) is 81.2 Å². The molecule has 1 heterocycles. The van der Waals surface area contributed by atoms with E-state index in [2.05, 4.69) is 5.10 Å². The van der Waals surface area contributed by atoms with Crippen LogP contribution in [0.2, 0.25) is 0 Å². The van der Waals surface area contributed by atoms with Crippen molar-refractivity contribution < 1.29 is 8.42 Å². The lowest BCUT2D eigenvalue weighted by molar-refractivity contribution is 0.421. The van der Waals surface area contributed by atoms with Gasteiger partial charge < -0.3 is 5.73 Å². The molecule has 0 atom stereocenters. The Balaban J connectivity index is 2.39. The number of hydrogen-bond donors (Lipinski definition) is 1. The summed E-state index contributed by atoms with van der Waals surface area (Å²) in [6, 6.07) is 0.148. The number of nitrogens with zero attached hydrogens (tertiary/aromatic N) is 3. The zero-order valence-electron chi connectivity index (χ0n) is 10.1. The van der Waals surface area contributed by atoms with Gasteiger partial charge in [0.2, 0.25) is 10.0 Å². The van der Waals surface area contributed by atoms with Crippen LogP contribution in [0, 0.1) is 0 Å². The van der Waals surface area contributed by atoms with Crippen LogP contribution in [0.15, 0.2) is 11.1 Å².